The van der Waals surface area contributed by atoms with Crippen LogP contribution in [0.2, 0.25) is 0 Å². The molecule has 0 spiro atoms. The van der Waals surface area contributed by atoms with Gasteiger partial charge in [0, 0.05) is 5.56 Å². The molecule has 1 aromatic heterocycles. The number of nitrogens with one attached hydrogen (secondary N) is 1. The highest BCUT2D eigenvalue weighted by molar-refractivity contribution is 7.71. The molecule has 0 atom stereocenters. The third-order valence-electron chi connectivity index (χ3n) is 5.46. The molecule has 0 saturated carbocycles. The van der Waals surface area contributed by atoms with E-state index >= 15 is 0 Å². The normalized spacial score (nSPS) is 11.2. The number of nitrogens with zero attached hydrogens (tertiary/aromatic N) is 3. The lowest BCUT2D eigenvalue weighted by Crippen LogP contribution is -1.99. The molecule has 7 heteroatoms. The van der Waals surface area contributed by atoms with E-state index in [2.05, 4.69) is 39.6 Å². The molecule has 1 heterocycles. The third-order valence-corrected chi connectivity index (χ3v) is 5.72. The standard InChI is InChI=1S/C27H22N4O2S/c1-32-25-16-19(17-28-31-26(29-30-27(31)34)21-9-3-2-4-10-21)14-15-24(25)33-18-22-12-7-11-20-8-5-6-13-23(20)22/h2-17H,18H2,1H3,(H,30,34)/b28-17-. The quantitative estimate of drug-likeness (QED) is 0.228. The lowest BCUT2D eigenvalue weighted by atomic mass is 10.1. The van der Waals surface area contributed by atoms with E-state index in [1.54, 1.807) is 18.0 Å². The Kier molecular flexibility index (Phi) is 6.18. The van der Waals surface area contributed by atoms with Gasteiger partial charge in [0.2, 0.25) is 4.77 Å². The molecule has 0 amide bonds. The summed E-state index contributed by atoms with van der Waals surface area (Å²) in [7, 11) is 1.63. The van der Waals surface area contributed by atoms with Gasteiger partial charge in [-0.1, -0.05) is 72.8 Å². The van der Waals surface area contributed by atoms with Gasteiger partial charge in [0.05, 0.1) is 13.3 Å². The van der Waals surface area contributed by atoms with Gasteiger partial charge in [-0.05, 0) is 52.3 Å². The summed E-state index contributed by atoms with van der Waals surface area (Å²) in [6.45, 7) is 0.440. The van der Waals surface area contributed by atoms with Gasteiger partial charge in [-0.3, -0.25) is 0 Å². The number of benzene rings is 4. The summed E-state index contributed by atoms with van der Waals surface area (Å²) in [5.41, 5.74) is 2.88. The second-order valence-corrected chi connectivity index (χ2v) is 8.00. The number of hydrogen-bond acceptors (Lipinski definition) is 5. The first-order chi connectivity index (χ1) is 16.7. The van der Waals surface area contributed by atoms with Crippen molar-refractivity contribution in [3.05, 3.63) is 107 Å². The van der Waals surface area contributed by atoms with E-state index in [4.69, 9.17) is 21.7 Å². The van der Waals surface area contributed by atoms with Crippen molar-refractivity contribution >= 4 is 29.2 Å². The predicted octanol–water partition coefficient (Wildman–Crippen LogP) is 6.23. The molecule has 0 radical (unpaired) electrons. The van der Waals surface area contributed by atoms with Crippen molar-refractivity contribution in [1.29, 1.82) is 0 Å². The lowest BCUT2D eigenvalue weighted by molar-refractivity contribution is 0.285. The molecule has 1 N–H and O–H groups in total. The Balaban J connectivity index is 1.37. The Morgan fingerprint density at radius 3 is 2.59 bits per heavy atom. The molecule has 5 aromatic rings. The fraction of sp³-hybridized carbons (Fsp3) is 0.0741. The van der Waals surface area contributed by atoms with Gasteiger partial charge in [0.1, 0.15) is 6.61 Å². The Hall–Kier alpha value is -4.23. The zero-order valence-corrected chi connectivity index (χ0v) is 19.3. The average molecular weight is 467 g/mol. The summed E-state index contributed by atoms with van der Waals surface area (Å²) >= 11 is 5.36. The highest BCUT2D eigenvalue weighted by Gasteiger charge is 2.09. The maximum absolute atomic E-state index is 6.12. The number of aromatic amines is 1. The SMILES string of the molecule is COc1cc(/C=N\n2c(-c3ccccc3)n[nH]c2=S)ccc1OCc1cccc2ccccc12. The Morgan fingerprint density at radius 1 is 0.941 bits per heavy atom. The summed E-state index contributed by atoms with van der Waals surface area (Å²) in [4.78, 5) is 0. The van der Waals surface area contributed by atoms with Gasteiger partial charge in [-0.15, -0.1) is 0 Å². The topological polar surface area (TPSA) is 64.4 Å². The number of H-pyrrole nitrogens is 1. The first-order valence-electron chi connectivity index (χ1n) is 10.8. The second-order valence-electron chi connectivity index (χ2n) is 7.61. The Labute approximate surface area is 202 Å². The maximum Gasteiger partial charge on any atom is 0.216 e. The van der Waals surface area contributed by atoms with Gasteiger partial charge in [-0.2, -0.15) is 14.9 Å². The molecule has 0 bridgehead atoms. The number of aromatic nitrogens is 3. The van der Waals surface area contributed by atoms with Gasteiger partial charge in [-0.25, -0.2) is 5.10 Å². The maximum atomic E-state index is 6.12. The van der Waals surface area contributed by atoms with Crippen molar-refractivity contribution in [2.75, 3.05) is 7.11 Å². The summed E-state index contributed by atoms with van der Waals surface area (Å²) in [6.07, 6.45) is 1.72. The molecule has 0 unspecified atom stereocenters. The molecule has 0 saturated heterocycles. The summed E-state index contributed by atoms with van der Waals surface area (Å²) < 4.78 is 13.7. The van der Waals surface area contributed by atoms with E-state index < -0.39 is 0 Å². The van der Waals surface area contributed by atoms with Crippen molar-refractivity contribution < 1.29 is 9.47 Å². The van der Waals surface area contributed by atoms with E-state index in [1.807, 2.05) is 66.7 Å². The van der Waals surface area contributed by atoms with Crippen molar-refractivity contribution in [2.24, 2.45) is 5.10 Å². The van der Waals surface area contributed by atoms with Gasteiger partial charge in [0.15, 0.2) is 17.3 Å². The molecule has 6 nitrogen and oxygen atoms in total. The molecule has 0 aliphatic carbocycles. The monoisotopic (exact) mass is 466 g/mol. The van der Waals surface area contributed by atoms with Crippen LogP contribution in [0, 0.1) is 4.77 Å². The van der Waals surface area contributed by atoms with Crippen LogP contribution >= 0.6 is 12.2 Å². The van der Waals surface area contributed by atoms with Crippen molar-refractivity contribution in [3.63, 3.8) is 0 Å². The zero-order valence-electron chi connectivity index (χ0n) is 18.5. The molecule has 168 valence electrons. The Bertz CT molecular complexity index is 1520. The molecule has 5 rings (SSSR count). The second kappa shape index (κ2) is 9.72. The minimum absolute atomic E-state index is 0.414. The van der Waals surface area contributed by atoms with Crippen LogP contribution in [0.15, 0.2) is 96.1 Å². The molecule has 4 aromatic carbocycles. The zero-order chi connectivity index (χ0) is 23.3. The summed E-state index contributed by atoms with van der Waals surface area (Å²) in [5.74, 6) is 1.93. The first-order valence-corrected chi connectivity index (χ1v) is 11.2. The Morgan fingerprint density at radius 2 is 1.74 bits per heavy atom. The minimum atomic E-state index is 0.414. The van der Waals surface area contributed by atoms with E-state index in [0.717, 1.165) is 16.7 Å². The molecular formula is C27H22N4O2S. The van der Waals surface area contributed by atoms with Crippen LogP contribution in [0.3, 0.4) is 0 Å². The fourth-order valence-electron chi connectivity index (χ4n) is 3.75. The average Bonchev–Trinajstić information content (AvgIpc) is 3.27. The number of methoxy groups -OCH3 is 1. The van der Waals surface area contributed by atoms with Crippen molar-refractivity contribution in [3.8, 4) is 22.9 Å². The largest absolute Gasteiger partial charge is 0.493 e. The predicted molar refractivity (Wildman–Crippen MR) is 137 cm³/mol. The third kappa shape index (κ3) is 4.46. The van der Waals surface area contributed by atoms with Crippen molar-refractivity contribution in [1.82, 2.24) is 14.9 Å². The van der Waals surface area contributed by atoms with E-state index in [0.29, 0.717) is 28.7 Å². The van der Waals surface area contributed by atoms with E-state index in [-0.39, 0.29) is 0 Å². The minimum Gasteiger partial charge on any atom is -0.493 e. The summed E-state index contributed by atoms with van der Waals surface area (Å²) in [6, 6.07) is 30.0. The summed E-state index contributed by atoms with van der Waals surface area (Å²) in [5, 5.41) is 14.0. The van der Waals surface area contributed by atoms with Crippen LogP contribution in [0.5, 0.6) is 11.5 Å². The smallest absolute Gasteiger partial charge is 0.216 e. The van der Waals surface area contributed by atoms with Gasteiger partial charge >= 0.3 is 0 Å². The highest BCUT2D eigenvalue weighted by Crippen LogP contribution is 2.29. The van der Waals surface area contributed by atoms with Crippen LogP contribution in [-0.4, -0.2) is 28.2 Å². The van der Waals surface area contributed by atoms with Crippen LogP contribution in [0.25, 0.3) is 22.2 Å². The number of ether oxygens (including phenoxy) is 2. The number of rotatable bonds is 7. The molecule has 0 fully saturated rings. The molecule has 0 aliphatic rings. The van der Waals surface area contributed by atoms with E-state index in [1.165, 1.54) is 10.8 Å². The highest BCUT2D eigenvalue weighted by atomic mass is 32.1. The number of hydrogen-bond donors (Lipinski definition) is 1. The van der Waals surface area contributed by atoms with Crippen LogP contribution in [0.4, 0.5) is 0 Å². The van der Waals surface area contributed by atoms with Crippen LogP contribution in [0.1, 0.15) is 11.1 Å². The fourth-order valence-corrected chi connectivity index (χ4v) is 3.93. The van der Waals surface area contributed by atoms with Gasteiger partial charge in [0.25, 0.3) is 0 Å². The van der Waals surface area contributed by atoms with Crippen molar-refractivity contribution in [2.45, 2.75) is 6.61 Å². The van der Waals surface area contributed by atoms with Gasteiger partial charge < -0.3 is 9.47 Å². The van der Waals surface area contributed by atoms with E-state index in [9.17, 15) is 0 Å². The first kappa shape index (κ1) is 21.6. The molecular weight excluding hydrogens is 444 g/mol. The van der Waals surface area contributed by atoms with Crippen LogP contribution < -0.4 is 9.47 Å². The molecule has 0 aliphatic heterocycles. The van der Waals surface area contributed by atoms with Crippen LogP contribution in [-0.2, 0) is 6.61 Å². The number of fused-ring (bicyclic) bond motifs is 1. The lowest BCUT2D eigenvalue weighted by Gasteiger charge is -2.12. The molecule has 34 heavy (non-hydrogen) atoms.